The summed E-state index contributed by atoms with van der Waals surface area (Å²) in [7, 11) is 2.21. The predicted octanol–water partition coefficient (Wildman–Crippen LogP) is 2.13. The van der Waals surface area contributed by atoms with E-state index >= 15 is 0 Å². The SMILES string of the molecule is CN1CCCCC[C@@H]2[C@@H]1[C@H](c1ccccc1)CN2C(=O)C1CCC(=O)N1. The molecule has 3 aliphatic heterocycles. The zero-order valence-corrected chi connectivity index (χ0v) is 15.6. The number of amides is 2. The highest BCUT2D eigenvalue weighted by Crippen LogP contribution is 2.39. The number of likely N-dealkylation sites (N-methyl/N-ethyl adjacent to an activating group) is 1. The van der Waals surface area contributed by atoms with E-state index in [-0.39, 0.29) is 23.9 Å². The molecule has 5 heteroatoms. The van der Waals surface area contributed by atoms with E-state index in [1.54, 1.807) is 0 Å². The Morgan fingerprint density at radius 3 is 2.65 bits per heavy atom. The van der Waals surface area contributed by atoms with Gasteiger partial charge in [-0.25, -0.2) is 0 Å². The number of carbonyl (C=O) groups is 2. The lowest BCUT2D eigenvalue weighted by atomic mass is 9.87. The summed E-state index contributed by atoms with van der Waals surface area (Å²) in [5.41, 5.74) is 1.32. The Morgan fingerprint density at radius 2 is 1.92 bits per heavy atom. The second-order valence-corrected chi connectivity index (χ2v) is 8.05. The molecular weight excluding hydrogens is 326 g/mol. The summed E-state index contributed by atoms with van der Waals surface area (Å²) >= 11 is 0. The topological polar surface area (TPSA) is 52.7 Å². The third-order valence-corrected chi connectivity index (χ3v) is 6.42. The highest BCUT2D eigenvalue weighted by atomic mass is 16.2. The van der Waals surface area contributed by atoms with Crippen LogP contribution in [-0.2, 0) is 9.59 Å². The average Bonchev–Trinajstić information content (AvgIpc) is 3.23. The molecule has 0 spiro atoms. The van der Waals surface area contributed by atoms with Crippen molar-refractivity contribution in [2.24, 2.45) is 0 Å². The highest BCUT2D eigenvalue weighted by Gasteiger charge is 2.48. The van der Waals surface area contributed by atoms with Crippen LogP contribution in [0.2, 0.25) is 0 Å². The Morgan fingerprint density at radius 1 is 1.12 bits per heavy atom. The van der Waals surface area contributed by atoms with E-state index in [0.717, 1.165) is 19.5 Å². The summed E-state index contributed by atoms with van der Waals surface area (Å²) in [6.45, 7) is 1.85. The molecule has 26 heavy (non-hydrogen) atoms. The second-order valence-electron chi connectivity index (χ2n) is 8.05. The first-order valence-electron chi connectivity index (χ1n) is 10.00. The van der Waals surface area contributed by atoms with E-state index < -0.39 is 0 Å². The molecule has 1 unspecified atom stereocenters. The van der Waals surface area contributed by atoms with Crippen LogP contribution in [0, 0.1) is 0 Å². The van der Waals surface area contributed by atoms with Crippen molar-refractivity contribution in [3.63, 3.8) is 0 Å². The van der Waals surface area contributed by atoms with Crippen LogP contribution in [0.15, 0.2) is 30.3 Å². The summed E-state index contributed by atoms with van der Waals surface area (Å²) < 4.78 is 0. The maximum atomic E-state index is 13.2. The fourth-order valence-corrected chi connectivity index (χ4v) is 5.13. The Hall–Kier alpha value is -1.88. The molecule has 3 fully saturated rings. The van der Waals surface area contributed by atoms with Gasteiger partial charge in [0.15, 0.2) is 0 Å². The minimum absolute atomic E-state index is 0.00786. The van der Waals surface area contributed by atoms with Crippen LogP contribution in [0.5, 0.6) is 0 Å². The number of hydrogen-bond donors (Lipinski definition) is 1. The summed E-state index contributed by atoms with van der Waals surface area (Å²) in [4.78, 5) is 29.4. The first kappa shape index (κ1) is 17.5. The van der Waals surface area contributed by atoms with Crippen LogP contribution in [-0.4, -0.2) is 59.9 Å². The first-order chi connectivity index (χ1) is 12.6. The number of benzene rings is 1. The molecule has 5 nitrogen and oxygen atoms in total. The van der Waals surface area contributed by atoms with E-state index in [1.165, 1.54) is 24.8 Å². The van der Waals surface area contributed by atoms with Gasteiger partial charge in [0.25, 0.3) is 0 Å². The van der Waals surface area contributed by atoms with Crippen LogP contribution in [0.3, 0.4) is 0 Å². The van der Waals surface area contributed by atoms with Crippen molar-refractivity contribution in [1.29, 1.82) is 0 Å². The van der Waals surface area contributed by atoms with E-state index in [0.29, 0.717) is 24.8 Å². The molecule has 0 aliphatic carbocycles. The molecule has 0 bridgehead atoms. The molecule has 2 amide bonds. The van der Waals surface area contributed by atoms with Crippen molar-refractivity contribution in [2.75, 3.05) is 20.1 Å². The Labute approximate surface area is 155 Å². The lowest BCUT2D eigenvalue weighted by Gasteiger charge is -2.37. The zero-order valence-electron chi connectivity index (χ0n) is 15.6. The minimum Gasteiger partial charge on any atom is -0.344 e. The van der Waals surface area contributed by atoms with Crippen LogP contribution in [0.25, 0.3) is 0 Å². The van der Waals surface area contributed by atoms with E-state index in [4.69, 9.17) is 0 Å². The molecule has 1 N–H and O–H groups in total. The van der Waals surface area contributed by atoms with E-state index in [1.807, 2.05) is 0 Å². The molecule has 0 aromatic heterocycles. The number of hydrogen-bond acceptors (Lipinski definition) is 3. The first-order valence-corrected chi connectivity index (χ1v) is 10.00. The molecular formula is C21H29N3O2. The van der Waals surface area contributed by atoms with Crippen LogP contribution in [0.4, 0.5) is 0 Å². The van der Waals surface area contributed by atoms with Gasteiger partial charge in [-0.3, -0.25) is 9.59 Å². The molecule has 4 rings (SSSR count). The average molecular weight is 355 g/mol. The number of nitrogens with one attached hydrogen (secondary N) is 1. The summed E-state index contributed by atoms with van der Waals surface area (Å²) in [6.07, 6.45) is 5.81. The quantitative estimate of drug-likeness (QED) is 0.884. The summed E-state index contributed by atoms with van der Waals surface area (Å²) in [5, 5.41) is 2.88. The largest absolute Gasteiger partial charge is 0.344 e. The molecule has 1 aromatic rings. The number of likely N-dealkylation sites (tertiary alicyclic amines) is 2. The van der Waals surface area contributed by atoms with Crippen LogP contribution < -0.4 is 5.32 Å². The molecule has 4 atom stereocenters. The molecule has 3 saturated heterocycles. The third kappa shape index (κ3) is 3.25. The molecule has 0 radical (unpaired) electrons. The predicted molar refractivity (Wildman–Crippen MR) is 101 cm³/mol. The van der Waals surface area contributed by atoms with Gasteiger partial charge in [-0.2, -0.15) is 0 Å². The maximum absolute atomic E-state index is 13.2. The van der Waals surface area contributed by atoms with Crippen molar-refractivity contribution >= 4 is 11.8 Å². The monoisotopic (exact) mass is 355 g/mol. The van der Waals surface area contributed by atoms with Crippen LogP contribution in [0.1, 0.15) is 50.0 Å². The van der Waals surface area contributed by atoms with Gasteiger partial charge in [0.05, 0.1) is 0 Å². The lowest BCUT2D eigenvalue weighted by Crippen LogP contribution is -2.51. The van der Waals surface area contributed by atoms with Crippen molar-refractivity contribution in [3.8, 4) is 0 Å². The number of carbonyl (C=O) groups excluding carboxylic acids is 2. The number of fused-ring (bicyclic) bond motifs is 1. The fourth-order valence-electron chi connectivity index (χ4n) is 5.13. The molecule has 1 aromatic carbocycles. The normalized spacial score (nSPS) is 32.7. The van der Waals surface area contributed by atoms with E-state index in [2.05, 4.69) is 52.5 Å². The van der Waals surface area contributed by atoms with Gasteiger partial charge in [-0.1, -0.05) is 43.2 Å². The van der Waals surface area contributed by atoms with Crippen molar-refractivity contribution in [2.45, 2.75) is 62.6 Å². The van der Waals surface area contributed by atoms with Crippen LogP contribution >= 0.6 is 0 Å². The highest BCUT2D eigenvalue weighted by molar-refractivity contribution is 5.91. The Balaban J connectivity index is 1.64. The third-order valence-electron chi connectivity index (χ3n) is 6.42. The minimum atomic E-state index is -0.326. The maximum Gasteiger partial charge on any atom is 0.245 e. The number of rotatable bonds is 2. The lowest BCUT2D eigenvalue weighted by molar-refractivity contribution is -0.135. The van der Waals surface area contributed by atoms with Crippen molar-refractivity contribution < 1.29 is 9.59 Å². The van der Waals surface area contributed by atoms with Crippen molar-refractivity contribution in [1.82, 2.24) is 15.1 Å². The Bertz CT molecular complexity index is 662. The van der Waals surface area contributed by atoms with Gasteiger partial charge in [0.1, 0.15) is 6.04 Å². The van der Waals surface area contributed by atoms with E-state index in [9.17, 15) is 9.59 Å². The van der Waals surface area contributed by atoms with Gasteiger partial charge >= 0.3 is 0 Å². The fraction of sp³-hybridized carbons (Fsp3) is 0.619. The van der Waals surface area contributed by atoms with Gasteiger partial charge in [0.2, 0.25) is 11.8 Å². The van der Waals surface area contributed by atoms with Gasteiger partial charge in [0, 0.05) is 31.0 Å². The number of nitrogens with zero attached hydrogens (tertiary/aromatic N) is 2. The molecule has 3 aliphatic rings. The van der Waals surface area contributed by atoms with Gasteiger partial charge in [-0.15, -0.1) is 0 Å². The Kier molecular flexibility index (Phi) is 4.98. The van der Waals surface area contributed by atoms with Gasteiger partial charge < -0.3 is 15.1 Å². The standard InChI is InChI=1S/C21H29N3O2/c1-23-13-7-3-6-10-18-20(23)16(15-8-4-2-5-9-15)14-24(18)21(26)17-11-12-19(25)22-17/h2,4-5,8-9,16-18,20H,3,6-7,10-14H2,1H3,(H,22,25)/t16-,17?,18+,20-/m0/s1. The molecule has 3 heterocycles. The van der Waals surface area contributed by atoms with Crippen molar-refractivity contribution in [3.05, 3.63) is 35.9 Å². The second kappa shape index (κ2) is 7.39. The summed E-state index contributed by atoms with van der Waals surface area (Å²) in [5.74, 6) is 0.470. The zero-order chi connectivity index (χ0) is 18.1. The smallest absolute Gasteiger partial charge is 0.245 e. The molecule has 140 valence electrons. The molecule has 0 saturated carbocycles. The van der Waals surface area contributed by atoms with Gasteiger partial charge in [-0.05, 0) is 38.4 Å². The summed E-state index contributed by atoms with van der Waals surface area (Å²) in [6, 6.07) is 10.9.